The number of halogens is 2. The van der Waals surface area contributed by atoms with E-state index in [0.29, 0.717) is 22.2 Å². The van der Waals surface area contributed by atoms with Gasteiger partial charge < -0.3 is 9.64 Å². The SMILES string of the molecule is CCCc1ccc(N(Cc2nc3c(Cl)c(Cl)ccc3s2)C(=O)CCC(=O)OCC)cc1. The number of carbonyl (C=O) groups is 2. The van der Waals surface area contributed by atoms with E-state index < -0.39 is 0 Å². The van der Waals surface area contributed by atoms with Gasteiger partial charge in [0.2, 0.25) is 5.91 Å². The van der Waals surface area contributed by atoms with Crippen LogP contribution in [0.15, 0.2) is 36.4 Å². The zero-order valence-corrected chi connectivity index (χ0v) is 19.8. The van der Waals surface area contributed by atoms with Gasteiger partial charge in [0.1, 0.15) is 10.5 Å². The largest absolute Gasteiger partial charge is 0.466 e. The number of fused-ring (bicyclic) bond motifs is 1. The molecule has 0 saturated heterocycles. The molecule has 1 amide bonds. The van der Waals surface area contributed by atoms with Crippen LogP contribution < -0.4 is 4.90 Å². The molecular formula is C23H24Cl2N2O3S. The van der Waals surface area contributed by atoms with E-state index in [4.69, 9.17) is 27.9 Å². The lowest BCUT2D eigenvalue weighted by molar-refractivity contribution is -0.144. The summed E-state index contributed by atoms with van der Waals surface area (Å²) in [5.74, 6) is -0.546. The summed E-state index contributed by atoms with van der Waals surface area (Å²) in [4.78, 5) is 31.1. The molecule has 0 aliphatic heterocycles. The van der Waals surface area contributed by atoms with Crippen molar-refractivity contribution < 1.29 is 14.3 Å². The van der Waals surface area contributed by atoms with Gasteiger partial charge in [0.15, 0.2) is 0 Å². The highest BCUT2D eigenvalue weighted by Crippen LogP contribution is 2.34. The van der Waals surface area contributed by atoms with E-state index in [0.717, 1.165) is 28.2 Å². The maximum atomic E-state index is 13.1. The van der Waals surface area contributed by atoms with Crippen molar-refractivity contribution in [2.75, 3.05) is 11.5 Å². The van der Waals surface area contributed by atoms with Crippen molar-refractivity contribution in [1.82, 2.24) is 4.98 Å². The Bertz CT molecular complexity index is 1070. The van der Waals surface area contributed by atoms with Gasteiger partial charge in [-0.3, -0.25) is 9.59 Å². The quantitative estimate of drug-likeness (QED) is 0.332. The van der Waals surface area contributed by atoms with Crippen molar-refractivity contribution in [3.8, 4) is 0 Å². The van der Waals surface area contributed by atoms with Crippen LogP contribution in [0.3, 0.4) is 0 Å². The lowest BCUT2D eigenvalue weighted by Crippen LogP contribution is -2.30. The van der Waals surface area contributed by atoms with Crippen LogP contribution in [0.4, 0.5) is 5.69 Å². The number of esters is 1. The molecule has 0 spiro atoms. The molecule has 3 aromatic rings. The normalized spacial score (nSPS) is 11.0. The number of rotatable bonds is 9. The molecule has 164 valence electrons. The molecule has 2 aromatic carbocycles. The highest BCUT2D eigenvalue weighted by atomic mass is 35.5. The van der Waals surface area contributed by atoms with E-state index in [-0.39, 0.29) is 31.3 Å². The van der Waals surface area contributed by atoms with Gasteiger partial charge in [0.25, 0.3) is 0 Å². The molecular weight excluding hydrogens is 455 g/mol. The highest BCUT2D eigenvalue weighted by Gasteiger charge is 2.20. The van der Waals surface area contributed by atoms with Gasteiger partial charge in [0.05, 0.1) is 34.3 Å². The van der Waals surface area contributed by atoms with Gasteiger partial charge in [0, 0.05) is 12.1 Å². The molecule has 5 nitrogen and oxygen atoms in total. The molecule has 8 heteroatoms. The number of aromatic nitrogens is 1. The second kappa shape index (κ2) is 10.9. The van der Waals surface area contributed by atoms with Crippen LogP contribution in [0.1, 0.15) is 43.7 Å². The third-order valence-electron chi connectivity index (χ3n) is 4.73. The van der Waals surface area contributed by atoms with Crippen LogP contribution in [0.2, 0.25) is 10.0 Å². The molecule has 1 aromatic heterocycles. The Morgan fingerprint density at radius 3 is 2.48 bits per heavy atom. The molecule has 0 saturated carbocycles. The van der Waals surface area contributed by atoms with Crippen molar-refractivity contribution in [3.05, 3.63) is 57.0 Å². The van der Waals surface area contributed by atoms with Crippen LogP contribution in [-0.4, -0.2) is 23.5 Å². The number of thiazole rings is 1. The van der Waals surface area contributed by atoms with E-state index >= 15 is 0 Å². The number of aryl methyl sites for hydroxylation is 1. The van der Waals surface area contributed by atoms with Crippen molar-refractivity contribution in [1.29, 1.82) is 0 Å². The third-order valence-corrected chi connectivity index (χ3v) is 6.53. The Labute approximate surface area is 195 Å². The first kappa shape index (κ1) is 23.5. The number of hydrogen-bond donors (Lipinski definition) is 0. The van der Waals surface area contributed by atoms with Gasteiger partial charge >= 0.3 is 5.97 Å². The van der Waals surface area contributed by atoms with Crippen LogP contribution in [0, 0.1) is 0 Å². The van der Waals surface area contributed by atoms with E-state index in [1.165, 1.54) is 16.9 Å². The van der Waals surface area contributed by atoms with Gasteiger partial charge in [-0.2, -0.15) is 0 Å². The van der Waals surface area contributed by atoms with Crippen molar-refractivity contribution in [2.45, 2.75) is 46.1 Å². The summed E-state index contributed by atoms with van der Waals surface area (Å²) < 4.78 is 5.86. The van der Waals surface area contributed by atoms with Gasteiger partial charge in [-0.25, -0.2) is 4.98 Å². The summed E-state index contributed by atoms with van der Waals surface area (Å²) in [5.41, 5.74) is 2.61. The third kappa shape index (κ3) is 5.97. The zero-order chi connectivity index (χ0) is 22.4. The van der Waals surface area contributed by atoms with Crippen molar-refractivity contribution in [3.63, 3.8) is 0 Å². The summed E-state index contributed by atoms with van der Waals surface area (Å²) in [6.45, 7) is 4.45. The Kier molecular flexibility index (Phi) is 8.29. The van der Waals surface area contributed by atoms with E-state index in [9.17, 15) is 9.59 Å². The second-order valence-electron chi connectivity index (χ2n) is 7.02. The van der Waals surface area contributed by atoms with Crippen molar-refractivity contribution in [2.24, 2.45) is 0 Å². The summed E-state index contributed by atoms with van der Waals surface area (Å²) >= 11 is 13.9. The lowest BCUT2D eigenvalue weighted by atomic mass is 10.1. The summed E-state index contributed by atoms with van der Waals surface area (Å²) in [5, 5.41) is 1.59. The van der Waals surface area contributed by atoms with Crippen LogP contribution in [0.5, 0.6) is 0 Å². The number of amides is 1. The predicted molar refractivity (Wildman–Crippen MR) is 127 cm³/mol. The molecule has 31 heavy (non-hydrogen) atoms. The fourth-order valence-electron chi connectivity index (χ4n) is 3.22. The Morgan fingerprint density at radius 2 is 1.81 bits per heavy atom. The Morgan fingerprint density at radius 1 is 1.06 bits per heavy atom. The average Bonchev–Trinajstić information content (AvgIpc) is 3.18. The second-order valence-corrected chi connectivity index (χ2v) is 8.92. The van der Waals surface area contributed by atoms with Gasteiger partial charge in [-0.15, -0.1) is 11.3 Å². The first-order chi connectivity index (χ1) is 14.9. The number of benzene rings is 2. The first-order valence-electron chi connectivity index (χ1n) is 10.2. The molecule has 0 N–H and O–H groups in total. The number of hydrogen-bond acceptors (Lipinski definition) is 5. The smallest absolute Gasteiger partial charge is 0.306 e. The minimum Gasteiger partial charge on any atom is -0.466 e. The van der Waals surface area contributed by atoms with E-state index in [2.05, 4.69) is 11.9 Å². The number of nitrogens with zero attached hydrogens (tertiary/aromatic N) is 2. The van der Waals surface area contributed by atoms with Gasteiger partial charge in [-0.05, 0) is 43.2 Å². The average molecular weight is 479 g/mol. The maximum absolute atomic E-state index is 13.1. The van der Waals surface area contributed by atoms with E-state index in [1.54, 1.807) is 17.9 Å². The Hall–Kier alpha value is -2.15. The molecule has 1 heterocycles. The monoisotopic (exact) mass is 478 g/mol. The van der Waals surface area contributed by atoms with Crippen LogP contribution in [-0.2, 0) is 27.3 Å². The molecule has 0 fully saturated rings. The molecule has 0 aliphatic carbocycles. The topological polar surface area (TPSA) is 59.5 Å². The summed E-state index contributed by atoms with van der Waals surface area (Å²) in [7, 11) is 0. The number of carbonyl (C=O) groups excluding carboxylic acids is 2. The molecule has 0 atom stereocenters. The fraction of sp³-hybridized carbons (Fsp3) is 0.348. The molecule has 0 aliphatic rings. The molecule has 0 bridgehead atoms. The lowest BCUT2D eigenvalue weighted by Gasteiger charge is -2.22. The molecule has 0 unspecified atom stereocenters. The predicted octanol–water partition coefficient (Wildman–Crippen LogP) is 6.43. The Balaban J connectivity index is 1.86. The molecule has 0 radical (unpaired) electrons. The summed E-state index contributed by atoms with van der Waals surface area (Å²) in [6, 6.07) is 11.5. The first-order valence-corrected chi connectivity index (χ1v) is 11.8. The standard InChI is InChI=1S/C23H24Cl2N2O3S/c1-3-5-15-6-8-16(9-7-15)27(20(28)12-13-21(29)30-4-2)14-19-26-23-18(31-19)11-10-17(24)22(23)25/h6-11H,3-5,12-14H2,1-2H3. The number of ether oxygens (including phenoxy) is 1. The minimum atomic E-state index is -0.379. The zero-order valence-electron chi connectivity index (χ0n) is 17.5. The highest BCUT2D eigenvalue weighted by molar-refractivity contribution is 7.18. The van der Waals surface area contributed by atoms with Crippen LogP contribution >= 0.6 is 34.5 Å². The minimum absolute atomic E-state index is 0.0401. The van der Waals surface area contributed by atoms with E-state index in [1.807, 2.05) is 30.3 Å². The fourth-order valence-corrected chi connectivity index (χ4v) is 4.60. The summed E-state index contributed by atoms with van der Waals surface area (Å²) in [6.07, 6.45) is 2.14. The van der Waals surface area contributed by atoms with Gasteiger partial charge in [-0.1, -0.05) is 48.7 Å². The maximum Gasteiger partial charge on any atom is 0.306 e. The van der Waals surface area contributed by atoms with Crippen molar-refractivity contribution >= 4 is 62.3 Å². The number of anilines is 1. The van der Waals surface area contributed by atoms with Crippen LogP contribution in [0.25, 0.3) is 10.2 Å². The molecule has 3 rings (SSSR count).